The third kappa shape index (κ3) is 15.7. The molecule has 0 fully saturated rings. The van der Waals surface area contributed by atoms with E-state index in [1.54, 1.807) is 6.92 Å². The molecule has 112 valence electrons. The first-order chi connectivity index (χ1) is 9.04. The van der Waals surface area contributed by atoms with Gasteiger partial charge in [0.2, 0.25) is 0 Å². The van der Waals surface area contributed by atoms with Gasteiger partial charge >= 0.3 is 41.5 Å². The number of aliphatic carboxylic acids is 1. The number of carboxylic acid groups (broad SMARTS) is 1. The molecule has 20 heavy (non-hydrogen) atoms. The van der Waals surface area contributed by atoms with Crippen molar-refractivity contribution in [3.63, 3.8) is 0 Å². The quantitative estimate of drug-likeness (QED) is 0.260. The minimum atomic E-state index is -0.704. The Bertz CT molecular complexity index is 290. The van der Waals surface area contributed by atoms with Crippen LogP contribution in [0.25, 0.3) is 0 Å². The molecule has 0 radical (unpaired) electrons. The first-order valence-corrected chi connectivity index (χ1v) is 7.08. The number of hydrogen-bond donors (Lipinski definition) is 1. The van der Waals surface area contributed by atoms with Crippen molar-refractivity contribution in [2.45, 2.75) is 64.7 Å². The Kier molecular flexibility index (Phi) is 16.6. The van der Waals surface area contributed by atoms with E-state index in [-0.39, 0.29) is 41.9 Å². The van der Waals surface area contributed by atoms with Crippen LogP contribution in [0.4, 0.5) is 0 Å². The number of carbonyl (C=O) groups excluding carboxylic acids is 1. The fourth-order valence-electron chi connectivity index (χ4n) is 1.73. The van der Waals surface area contributed by atoms with E-state index in [1.165, 1.54) is 6.42 Å². The Hall–Kier alpha value is -0.320. The Morgan fingerprint density at radius 3 is 1.85 bits per heavy atom. The van der Waals surface area contributed by atoms with Gasteiger partial charge < -0.3 is 9.84 Å². The molecule has 0 amide bonds. The van der Waals surface area contributed by atoms with E-state index in [9.17, 15) is 9.59 Å². The Morgan fingerprint density at radius 2 is 1.40 bits per heavy atom. The molecule has 0 bridgehead atoms. The monoisotopic (exact) mass is 294 g/mol. The van der Waals surface area contributed by atoms with Gasteiger partial charge in [0.1, 0.15) is 0 Å². The van der Waals surface area contributed by atoms with Crippen molar-refractivity contribution >= 4 is 41.5 Å². The summed E-state index contributed by atoms with van der Waals surface area (Å²) in [5.41, 5.74) is 0.446. The van der Waals surface area contributed by atoms with Gasteiger partial charge in [-0.05, 0) is 19.8 Å². The third-order valence-electron chi connectivity index (χ3n) is 2.87. The van der Waals surface area contributed by atoms with Gasteiger partial charge in [-0.15, -0.1) is 0 Å². The van der Waals surface area contributed by atoms with Crippen LogP contribution in [0.3, 0.4) is 0 Å². The van der Waals surface area contributed by atoms with Crippen LogP contribution in [0, 0.1) is 0 Å². The average Bonchev–Trinajstić information content (AvgIpc) is 2.35. The van der Waals surface area contributed by atoms with Gasteiger partial charge in [-0.2, -0.15) is 0 Å². The van der Waals surface area contributed by atoms with Gasteiger partial charge in [-0.1, -0.05) is 45.1 Å². The van der Waals surface area contributed by atoms with E-state index in [4.69, 9.17) is 9.84 Å². The summed E-state index contributed by atoms with van der Waals surface area (Å²) in [6.45, 7) is 5.64. The fraction of sp³-hybridized carbons (Fsp3) is 0.733. The van der Waals surface area contributed by atoms with Crippen LogP contribution in [0.5, 0.6) is 0 Å². The number of ether oxygens (including phenoxy) is 1. The van der Waals surface area contributed by atoms with E-state index >= 15 is 0 Å². The summed E-state index contributed by atoms with van der Waals surface area (Å²) in [5, 5.41) is 8.47. The number of esters is 1. The predicted molar refractivity (Wildman–Crippen MR) is 82.1 cm³/mol. The summed E-state index contributed by atoms with van der Waals surface area (Å²) >= 11 is 0. The van der Waals surface area contributed by atoms with Crippen molar-refractivity contribution in [3.8, 4) is 0 Å². The van der Waals surface area contributed by atoms with Crippen LogP contribution in [0.2, 0.25) is 0 Å². The summed E-state index contributed by atoms with van der Waals surface area (Å²) in [6.07, 6.45) is 8.62. The zero-order chi connectivity index (χ0) is 14.5. The molecule has 4 nitrogen and oxygen atoms in total. The van der Waals surface area contributed by atoms with Crippen LogP contribution in [-0.2, 0) is 14.3 Å². The third-order valence-corrected chi connectivity index (χ3v) is 2.87. The molecule has 0 aliphatic rings. The van der Waals surface area contributed by atoms with Gasteiger partial charge in [-0.3, -0.25) is 4.79 Å². The van der Waals surface area contributed by atoms with Crippen LogP contribution in [-0.4, -0.2) is 53.2 Å². The molecule has 0 rings (SSSR count). The number of hydrogen-bond acceptors (Lipinski definition) is 3. The average molecular weight is 294 g/mol. The van der Waals surface area contributed by atoms with E-state index in [0.717, 1.165) is 44.9 Å². The summed E-state index contributed by atoms with van der Waals surface area (Å²) in [7, 11) is 0. The van der Waals surface area contributed by atoms with Crippen molar-refractivity contribution < 1.29 is 19.4 Å². The van der Waals surface area contributed by atoms with Crippen molar-refractivity contribution in [1.82, 2.24) is 0 Å². The molecule has 1 N–H and O–H groups in total. The molecule has 0 saturated carbocycles. The van der Waals surface area contributed by atoms with E-state index in [0.29, 0.717) is 12.2 Å². The summed E-state index contributed by atoms with van der Waals surface area (Å²) < 4.78 is 4.99. The van der Waals surface area contributed by atoms with Gasteiger partial charge in [0.05, 0.1) is 6.61 Å². The molecular weight excluding hydrogens is 267 g/mol. The zero-order valence-electron chi connectivity index (χ0n) is 12.0. The van der Waals surface area contributed by atoms with E-state index < -0.39 is 5.97 Å². The van der Waals surface area contributed by atoms with Crippen molar-refractivity contribution in [2.24, 2.45) is 0 Å². The molecule has 0 atom stereocenters. The van der Waals surface area contributed by atoms with E-state index in [2.05, 4.69) is 6.58 Å². The van der Waals surface area contributed by atoms with Gasteiger partial charge in [0.25, 0.3) is 0 Å². The summed E-state index contributed by atoms with van der Waals surface area (Å²) in [4.78, 5) is 21.3. The molecule has 0 aromatic rings. The second kappa shape index (κ2) is 15.1. The predicted octanol–water partition coefficient (Wildman–Crippen LogP) is 3.05. The summed E-state index contributed by atoms with van der Waals surface area (Å²) in [5.74, 6) is -1.01. The molecule has 0 spiro atoms. The summed E-state index contributed by atoms with van der Waals surface area (Å²) in [6, 6.07) is 0. The van der Waals surface area contributed by atoms with Crippen LogP contribution >= 0.6 is 0 Å². The van der Waals surface area contributed by atoms with Crippen molar-refractivity contribution in [3.05, 3.63) is 12.2 Å². The van der Waals surface area contributed by atoms with E-state index in [1.807, 2.05) is 0 Å². The zero-order valence-corrected chi connectivity index (χ0v) is 12.0. The molecule has 0 aliphatic carbocycles. The molecule has 0 heterocycles. The van der Waals surface area contributed by atoms with Crippen molar-refractivity contribution in [2.75, 3.05) is 6.61 Å². The Balaban J connectivity index is 0. The van der Waals surface area contributed by atoms with Gasteiger partial charge in [-0.25, -0.2) is 4.79 Å². The second-order valence-electron chi connectivity index (χ2n) is 4.89. The van der Waals surface area contributed by atoms with Crippen molar-refractivity contribution in [1.29, 1.82) is 0 Å². The van der Waals surface area contributed by atoms with Gasteiger partial charge in [0.15, 0.2) is 0 Å². The van der Waals surface area contributed by atoms with Crippen LogP contribution < -0.4 is 0 Å². The van der Waals surface area contributed by atoms with Crippen LogP contribution in [0.1, 0.15) is 64.7 Å². The maximum absolute atomic E-state index is 11.1. The number of unbranched alkanes of at least 4 members (excludes halogenated alkanes) is 7. The maximum atomic E-state index is 11.1. The normalized spacial score (nSPS) is 9.65. The van der Waals surface area contributed by atoms with Crippen LogP contribution in [0.15, 0.2) is 12.2 Å². The fourth-order valence-corrected chi connectivity index (χ4v) is 1.73. The number of carboxylic acids is 1. The SMILES string of the molecule is C=C(C)C(=O)OCCCCCCCCCCC(=O)O.[NaH]. The minimum absolute atomic E-state index is 0. The Labute approximate surface area is 144 Å². The molecule has 0 unspecified atom stereocenters. The topological polar surface area (TPSA) is 63.6 Å². The first kappa shape index (κ1) is 22.0. The van der Waals surface area contributed by atoms with Gasteiger partial charge in [0, 0.05) is 12.0 Å². The first-order valence-electron chi connectivity index (χ1n) is 7.08. The standard InChI is InChI=1S/C15H26O4.Na.H/c1-13(2)15(18)19-12-10-8-6-4-3-5-7-9-11-14(16)17;;/h1,3-12H2,2H3,(H,16,17);;. The molecule has 0 saturated heterocycles. The molecule has 0 aliphatic heterocycles. The number of rotatable bonds is 12. The number of carbonyl (C=O) groups is 2. The molecule has 0 aromatic carbocycles. The molecule has 5 heteroatoms. The molecular formula is C15H27NaO4. The second-order valence-corrected chi connectivity index (χ2v) is 4.89. The molecule has 0 aromatic heterocycles. The Morgan fingerprint density at radius 1 is 0.950 bits per heavy atom.